The number of H-pyrrole nitrogens is 1. The van der Waals surface area contributed by atoms with Gasteiger partial charge in [0.1, 0.15) is 19.0 Å². The van der Waals surface area contributed by atoms with E-state index in [1.54, 1.807) is 0 Å². The molecule has 2 aromatic rings. The van der Waals surface area contributed by atoms with Crippen LogP contribution in [0.3, 0.4) is 0 Å². The number of ether oxygens (including phenoxy) is 2. The molecule has 1 aromatic heterocycles. The fourth-order valence-electron chi connectivity index (χ4n) is 2.03. The van der Waals surface area contributed by atoms with Gasteiger partial charge in [-0.3, -0.25) is 5.10 Å². The smallest absolute Gasteiger partial charge is 0.232 e. The number of hydrogen-bond acceptors (Lipinski definition) is 4. The summed E-state index contributed by atoms with van der Waals surface area (Å²) < 4.78 is 11.1. The van der Waals surface area contributed by atoms with E-state index in [-0.39, 0.29) is 0 Å². The standard InChI is InChI=1S/C16H21N3O2/c1-12-10-16(19-18-12)21-9-8-20-15-6-2-13(3-7-15)11-17-14-4-5-14/h2-3,6-7,10,14,17H,4-5,8-9,11H2,1H3,(H,18,19). The summed E-state index contributed by atoms with van der Waals surface area (Å²) in [6.07, 6.45) is 2.63. The lowest BCUT2D eigenvalue weighted by Crippen LogP contribution is -2.15. The molecule has 0 spiro atoms. The molecule has 0 amide bonds. The molecular weight excluding hydrogens is 266 g/mol. The molecule has 2 N–H and O–H groups in total. The molecule has 21 heavy (non-hydrogen) atoms. The van der Waals surface area contributed by atoms with Gasteiger partial charge in [0.05, 0.1) is 0 Å². The third-order valence-electron chi connectivity index (χ3n) is 3.38. The van der Waals surface area contributed by atoms with Gasteiger partial charge in [0, 0.05) is 24.3 Å². The van der Waals surface area contributed by atoms with E-state index < -0.39 is 0 Å². The number of nitrogens with one attached hydrogen (secondary N) is 2. The second kappa shape index (κ2) is 6.63. The van der Waals surface area contributed by atoms with E-state index in [9.17, 15) is 0 Å². The van der Waals surface area contributed by atoms with Gasteiger partial charge in [-0.25, -0.2) is 0 Å². The number of aromatic nitrogens is 2. The molecule has 1 heterocycles. The SMILES string of the molecule is Cc1cc(OCCOc2ccc(CNC3CC3)cc2)n[nH]1. The molecule has 1 saturated carbocycles. The minimum absolute atomic E-state index is 0.481. The Labute approximate surface area is 124 Å². The Bertz CT molecular complexity index is 561. The van der Waals surface area contributed by atoms with Crippen molar-refractivity contribution < 1.29 is 9.47 Å². The Morgan fingerprint density at radius 2 is 1.95 bits per heavy atom. The van der Waals surface area contributed by atoms with Gasteiger partial charge in [-0.2, -0.15) is 0 Å². The molecule has 0 unspecified atom stereocenters. The Morgan fingerprint density at radius 3 is 2.62 bits per heavy atom. The van der Waals surface area contributed by atoms with Gasteiger partial charge in [-0.15, -0.1) is 5.10 Å². The third-order valence-corrected chi connectivity index (χ3v) is 3.38. The van der Waals surface area contributed by atoms with Crippen molar-refractivity contribution in [3.8, 4) is 11.6 Å². The molecule has 0 atom stereocenters. The zero-order chi connectivity index (χ0) is 14.5. The van der Waals surface area contributed by atoms with Crippen LogP contribution in [-0.2, 0) is 6.54 Å². The largest absolute Gasteiger partial charge is 0.490 e. The molecule has 1 fully saturated rings. The molecule has 1 aliphatic carbocycles. The third kappa shape index (κ3) is 4.49. The Morgan fingerprint density at radius 1 is 1.19 bits per heavy atom. The number of nitrogens with zero attached hydrogens (tertiary/aromatic N) is 1. The van der Waals surface area contributed by atoms with Crippen molar-refractivity contribution in [2.45, 2.75) is 32.4 Å². The fourth-order valence-corrected chi connectivity index (χ4v) is 2.03. The average Bonchev–Trinajstić information content (AvgIpc) is 3.24. The van der Waals surface area contributed by atoms with E-state index in [0.717, 1.165) is 24.0 Å². The highest BCUT2D eigenvalue weighted by molar-refractivity contribution is 5.27. The van der Waals surface area contributed by atoms with E-state index in [1.165, 1.54) is 18.4 Å². The maximum absolute atomic E-state index is 5.64. The van der Waals surface area contributed by atoms with E-state index in [0.29, 0.717) is 19.1 Å². The van der Waals surface area contributed by atoms with Crippen molar-refractivity contribution in [3.05, 3.63) is 41.6 Å². The lowest BCUT2D eigenvalue weighted by atomic mass is 10.2. The van der Waals surface area contributed by atoms with Crippen LogP contribution in [0.5, 0.6) is 11.6 Å². The van der Waals surface area contributed by atoms with Gasteiger partial charge in [0.15, 0.2) is 0 Å². The minimum Gasteiger partial charge on any atom is -0.490 e. The Balaban J connectivity index is 1.36. The highest BCUT2D eigenvalue weighted by Gasteiger charge is 2.19. The number of aromatic amines is 1. The number of benzene rings is 1. The molecule has 0 bridgehead atoms. The highest BCUT2D eigenvalue weighted by atomic mass is 16.5. The summed E-state index contributed by atoms with van der Waals surface area (Å²) in [6.45, 7) is 3.86. The first-order chi connectivity index (χ1) is 10.3. The van der Waals surface area contributed by atoms with Crippen LogP contribution in [-0.4, -0.2) is 29.5 Å². The number of hydrogen-bond donors (Lipinski definition) is 2. The summed E-state index contributed by atoms with van der Waals surface area (Å²) in [4.78, 5) is 0. The van der Waals surface area contributed by atoms with Crippen molar-refractivity contribution in [2.24, 2.45) is 0 Å². The van der Waals surface area contributed by atoms with Crippen LogP contribution < -0.4 is 14.8 Å². The molecule has 3 rings (SSSR count). The van der Waals surface area contributed by atoms with E-state index in [1.807, 2.05) is 25.1 Å². The van der Waals surface area contributed by atoms with E-state index in [2.05, 4.69) is 27.6 Å². The van der Waals surface area contributed by atoms with Gasteiger partial charge < -0.3 is 14.8 Å². The Hall–Kier alpha value is -2.01. The second-order valence-corrected chi connectivity index (χ2v) is 5.39. The van der Waals surface area contributed by atoms with Gasteiger partial charge in [-0.1, -0.05) is 12.1 Å². The lowest BCUT2D eigenvalue weighted by Gasteiger charge is -2.08. The summed E-state index contributed by atoms with van der Waals surface area (Å²) >= 11 is 0. The molecule has 5 nitrogen and oxygen atoms in total. The zero-order valence-electron chi connectivity index (χ0n) is 12.3. The van der Waals surface area contributed by atoms with Gasteiger partial charge in [0.25, 0.3) is 0 Å². The topological polar surface area (TPSA) is 59.2 Å². The molecule has 0 saturated heterocycles. The number of aryl methyl sites for hydroxylation is 1. The van der Waals surface area contributed by atoms with Crippen LogP contribution in [0.4, 0.5) is 0 Å². The van der Waals surface area contributed by atoms with Crippen LogP contribution in [0.1, 0.15) is 24.1 Å². The zero-order valence-corrected chi connectivity index (χ0v) is 12.3. The first kappa shape index (κ1) is 13.9. The first-order valence-electron chi connectivity index (χ1n) is 7.39. The maximum atomic E-state index is 5.64. The minimum atomic E-state index is 0.481. The molecule has 0 radical (unpaired) electrons. The number of rotatable bonds is 8. The summed E-state index contributed by atoms with van der Waals surface area (Å²) in [7, 11) is 0. The summed E-state index contributed by atoms with van der Waals surface area (Å²) in [5.41, 5.74) is 2.28. The van der Waals surface area contributed by atoms with Crippen LogP contribution in [0, 0.1) is 6.92 Å². The van der Waals surface area contributed by atoms with Crippen molar-refractivity contribution in [1.82, 2.24) is 15.5 Å². The predicted molar refractivity (Wildman–Crippen MR) is 80.6 cm³/mol. The molecule has 1 aliphatic rings. The van der Waals surface area contributed by atoms with Crippen molar-refractivity contribution in [2.75, 3.05) is 13.2 Å². The van der Waals surface area contributed by atoms with Crippen molar-refractivity contribution >= 4 is 0 Å². The molecule has 112 valence electrons. The molecule has 5 heteroatoms. The van der Waals surface area contributed by atoms with Gasteiger partial charge >= 0.3 is 0 Å². The van der Waals surface area contributed by atoms with Crippen LogP contribution >= 0.6 is 0 Å². The van der Waals surface area contributed by atoms with Crippen LogP contribution in [0.25, 0.3) is 0 Å². The quantitative estimate of drug-likeness (QED) is 0.732. The summed E-state index contributed by atoms with van der Waals surface area (Å²) in [5.74, 6) is 1.48. The van der Waals surface area contributed by atoms with E-state index in [4.69, 9.17) is 9.47 Å². The second-order valence-electron chi connectivity index (χ2n) is 5.39. The van der Waals surface area contributed by atoms with Gasteiger partial charge in [0.2, 0.25) is 5.88 Å². The molecule has 1 aromatic carbocycles. The van der Waals surface area contributed by atoms with Crippen LogP contribution in [0.15, 0.2) is 30.3 Å². The average molecular weight is 287 g/mol. The van der Waals surface area contributed by atoms with Gasteiger partial charge in [-0.05, 0) is 37.5 Å². The monoisotopic (exact) mass is 287 g/mol. The van der Waals surface area contributed by atoms with E-state index >= 15 is 0 Å². The highest BCUT2D eigenvalue weighted by Crippen LogP contribution is 2.20. The first-order valence-corrected chi connectivity index (χ1v) is 7.39. The fraction of sp³-hybridized carbons (Fsp3) is 0.438. The lowest BCUT2D eigenvalue weighted by molar-refractivity contribution is 0.212. The van der Waals surface area contributed by atoms with Crippen molar-refractivity contribution in [3.63, 3.8) is 0 Å². The molecular formula is C16H21N3O2. The van der Waals surface area contributed by atoms with Crippen LogP contribution in [0.2, 0.25) is 0 Å². The maximum Gasteiger partial charge on any atom is 0.232 e. The van der Waals surface area contributed by atoms with Crippen molar-refractivity contribution in [1.29, 1.82) is 0 Å². The Kier molecular flexibility index (Phi) is 4.40. The normalized spacial score (nSPS) is 14.1. The summed E-state index contributed by atoms with van der Waals surface area (Å²) in [5, 5.41) is 10.3. The predicted octanol–water partition coefficient (Wildman–Crippen LogP) is 2.43. The molecule has 0 aliphatic heterocycles. The summed E-state index contributed by atoms with van der Waals surface area (Å²) in [6, 6.07) is 10.8.